The van der Waals surface area contributed by atoms with E-state index in [1.165, 1.54) is 4.90 Å². The number of nitrogens with zero attached hydrogens (tertiary/aromatic N) is 3. The molecule has 1 aliphatic heterocycles. The molecule has 0 radical (unpaired) electrons. The van der Waals surface area contributed by atoms with Crippen LogP contribution in [0.15, 0.2) is 24.3 Å². The lowest BCUT2D eigenvalue weighted by Crippen LogP contribution is -2.24. The highest BCUT2D eigenvalue weighted by molar-refractivity contribution is 5.89. The van der Waals surface area contributed by atoms with Crippen molar-refractivity contribution in [3.8, 4) is 12.1 Å². The maximum absolute atomic E-state index is 11.6. The second-order valence-corrected chi connectivity index (χ2v) is 3.64. The van der Waals surface area contributed by atoms with Gasteiger partial charge in [0, 0.05) is 5.69 Å². The van der Waals surface area contributed by atoms with Crippen LogP contribution in [0, 0.1) is 22.7 Å². The fourth-order valence-electron chi connectivity index (χ4n) is 1.68. The van der Waals surface area contributed by atoms with Gasteiger partial charge in [0.2, 0.25) is 0 Å². The minimum atomic E-state index is -0.472. The molecule has 1 saturated heterocycles. The second kappa shape index (κ2) is 4.54. The number of nitriles is 2. The maximum Gasteiger partial charge on any atom is 0.414 e. The highest BCUT2D eigenvalue weighted by Crippen LogP contribution is 2.23. The fraction of sp³-hybridized carbons (Fsp3) is 0.250. The van der Waals surface area contributed by atoms with Crippen molar-refractivity contribution in [3.05, 3.63) is 29.8 Å². The van der Waals surface area contributed by atoms with Gasteiger partial charge in [0.15, 0.2) is 0 Å². The van der Waals surface area contributed by atoms with Crippen LogP contribution in [0.4, 0.5) is 10.5 Å². The SMILES string of the molecule is N#CCC1CN(c2cccc(C#N)c2)C(=O)O1. The minimum absolute atomic E-state index is 0.181. The number of carbonyl (C=O) groups excluding carboxylic acids is 1. The first kappa shape index (κ1) is 11.0. The van der Waals surface area contributed by atoms with Gasteiger partial charge in [-0.1, -0.05) is 6.07 Å². The summed E-state index contributed by atoms with van der Waals surface area (Å²) < 4.78 is 5.02. The summed E-state index contributed by atoms with van der Waals surface area (Å²) in [4.78, 5) is 13.0. The average Bonchev–Trinajstić information content (AvgIpc) is 2.71. The summed E-state index contributed by atoms with van der Waals surface area (Å²) in [6.07, 6.45) is -0.682. The minimum Gasteiger partial charge on any atom is -0.443 e. The van der Waals surface area contributed by atoms with E-state index in [1.54, 1.807) is 24.3 Å². The molecule has 0 N–H and O–H groups in total. The zero-order chi connectivity index (χ0) is 12.3. The van der Waals surface area contributed by atoms with Crippen LogP contribution in [0.3, 0.4) is 0 Å². The van der Waals surface area contributed by atoms with Crippen LogP contribution in [-0.2, 0) is 4.74 Å². The predicted molar refractivity (Wildman–Crippen MR) is 59.0 cm³/mol. The zero-order valence-electron chi connectivity index (χ0n) is 8.96. The number of carbonyl (C=O) groups is 1. The number of hydrogen-bond donors (Lipinski definition) is 0. The normalized spacial score (nSPS) is 18.4. The number of rotatable bonds is 2. The van der Waals surface area contributed by atoms with Gasteiger partial charge in [-0.05, 0) is 18.2 Å². The Labute approximate surface area is 98.4 Å². The molecular formula is C12H9N3O2. The summed E-state index contributed by atoms with van der Waals surface area (Å²) in [5.74, 6) is 0. The van der Waals surface area contributed by atoms with Gasteiger partial charge in [0.05, 0.1) is 30.7 Å². The van der Waals surface area contributed by atoms with Crippen molar-refractivity contribution in [1.82, 2.24) is 0 Å². The number of hydrogen-bond acceptors (Lipinski definition) is 4. The Morgan fingerprint density at radius 1 is 1.47 bits per heavy atom. The smallest absolute Gasteiger partial charge is 0.414 e. The standard InChI is InChI=1S/C12H9N3O2/c13-5-4-11-8-15(12(16)17-11)10-3-1-2-9(6-10)7-14/h1-3,6,11H,4,8H2. The molecule has 0 aromatic heterocycles. The Morgan fingerprint density at radius 2 is 2.29 bits per heavy atom. The molecule has 84 valence electrons. The summed E-state index contributed by atoms with van der Waals surface area (Å²) in [7, 11) is 0. The van der Waals surface area contributed by atoms with E-state index < -0.39 is 12.2 Å². The summed E-state index contributed by atoms with van der Waals surface area (Å²) >= 11 is 0. The van der Waals surface area contributed by atoms with Crippen LogP contribution in [0.2, 0.25) is 0 Å². The van der Waals surface area contributed by atoms with Crippen LogP contribution in [0.5, 0.6) is 0 Å². The van der Waals surface area contributed by atoms with Gasteiger partial charge in [-0.15, -0.1) is 0 Å². The van der Waals surface area contributed by atoms with E-state index in [1.807, 2.05) is 12.1 Å². The zero-order valence-corrected chi connectivity index (χ0v) is 8.96. The van der Waals surface area contributed by atoms with E-state index >= 15 is 0 Å². The van der Waals surface area contributed by atoms with E-state index in [9.17, 15) is 4.79 Å². The van der Waals surface area contributed by atoms with Gasteiger partial charge in [0.25, 0.3) is 0 Å². The molecule has 1 heterocycles. The molecule has 1 aliphatic rings. The molecule has 0 spiro atoms. The molecule has 1 aromatic rings. The summed E-state index contributed by atoms with van der Waals surface area (Å²) in [6, 6.07) is 10.7. The fourth-order valence-corrected chi connectivity index (χ4v) is 1.68. The monoisotopic (exact) mass is 227 g/mol. The first-order chi connectivity index (χ1) is 8.24. The molecule has 0 aliphatic carbocycles. The quantitative estimate of drug-likeness (QED) is 0.771. The molecule has 1 aromatic carbocycles. The van der Waals surface area contributed by atoms with E-state index in [-0.39, 0.29) is 6.42 Å². The molecule has 1 atom stereocenters. The van der Waals surface area contributed by atoms with Crippen LogP contribution in [0.25, 0.3) is 0 Å². The highest BCUT2D eigenvalue weighted by Gasteiger charge is 2.32. The number of amides is 1. The molecule has 5 nitrogen and oxygen atoms in total. The first-order valence-electron chi connectivity index (χ1n) is 5.10. The number of anilines is 1. The van der Waals surface area contributed by atoms with E-state index in [0.717, 1.165) is 0 Å². The first-order valence-corrected chi connectivity index (χ1v) is 5.10. The Balaban J connectivity index is 2.21. The molecule has 0 bridgehead atoms. The third-order valence-corrected chi connectivity index (χ3v) is 2.48. The molecule has 1 fully saturated rings. The van der Waals surface area contributed by atoms with Crippen LogP contribution in [-0.4, -0.2) is 18.7 Å². The predicted octanol–water partition coefficient (Wildman–Crippen LogP) is 1.80. The molecule has 2 rings (SSSR count). The maximum atomic E-state index is 11.6. The van der Waals surface area contributed by atoms with Crippen molar-refractivity contribution in [2.45, 2.75) is 12.5 Å². The molecule has 5 heteroatoms. The number of ether oxygens (including phenoxy) is 1. The lowest BCUT2D eigenvalue weighted by Gasteiger charge is -2.12. The lowest BCUT2D eigenvalue weighted by atomic mass is 10.2. The molecule has 1 unspecified atom stereocenters. The van der Waals surface area contributed by atoms with Crippen LogP contribution >= 0.6 is 0 Å². The molecule has 0 saturated carbocycles. The van der Waals surface area contributed by atoms with Crippen molar-refractivity contribution in [3.63, 3.8) is 0 Å². The Bertz CT molecular complexity index is 527. The Hall–Kier alpha value is -2.53. The molecule has 1 amide bonds. The Morgan fingerprint density at radius 3 is 3.00 bits per heavy atom. The molecule has 17 heavy (non-hydrogen) atoms. The Kier molecular flexibility index (Phi) is 2.93. The van der Waals surface area contributed by atoms with Crippen molar-refractivity contribution in [2.24, 2.45) is 0 Å². The van der Waals surface area contributed by atoms with E-state index in [2.05, 4.69) is 0 Å². The van der Waals surface area contributed by atoms with Gasteiger partial charge >= 0.3 is 6.09 Å². The summed E-state index contributed by atoms with van der Waals surface area (Å²) in [5, 5.41) is 17.3. The third-order valence-electron chi connectivity index (χ3n) is 2.48. The van der Waals surface area contributed by atoms with Gasteiger partial charge in [0.1, 0.15) is 6.10 Å². The van der Waals surface area contributed by atoms with Gasteiger partial charge in [-0.2, -0.15) is 10.5 Å². The highest BCUT2D eigenvalue weighted by atomic mass is 16.6. The number of cyclic esters (lactones) is 1. The van der Waals surface area contributed by atoms with Crippen molar-refractivity contribution >= 4 is 11.8 Å². The van der Waals surface area contributed by atoms with Crippen molar-refractivity contribution < 1.29 is 9.53 Å². The van der Waals surface area contributed by atoms with Gasteiger partial charge < -0.3 is 4.74 Å². The lowest BCUT2D eigenvalue weighted by molar-refractivity contribution is 0.143. The third kappa shape index (κ3) is 2.19. The number of benzene rings is 1. The summed E-state index contributed by atoms with van der Waals surface area (Å²) in [6.45, 7) is 0.348. The van der Waals surface area contributed by atoms with Gasteiger partial charge in [-0.3, -0.25) is 4.90 Å². The second-order valence-electron chi connectivity index (χ2n) is 3.64. The summed E-state index contributed by atoms with van der Waals surface area (Å²) in [5.41, 5.74) is 1.11. The van der Waals surface area contributed by atoms with Crippen molar-refractivity contribution in [1.29, 1.82) is 10.5 Å². The van der Waals surface area contributed by atoms with E-state index in [0.29, 0.717) is 17.8 Å². The topological polar surface area (TPSA) is 77.1 Å². The average molecular weight is 227 g/mol. The van der Waals surface area contributed by atoms with Crippen molar-refractivity contribution in [2.75, 3.05) is 11.4 Å². The van der Waals surface area contributed by atoms with Crippen LogP contribution in [0.1, 0.15) is 12.0 Å². The largest absolute Gasteiger partial charge is 0.443 e. The van der Waals surface area contributed by atoms with Crippen LogP contribution < -0.4 is 4.90 Å². The van der Waals surface area contributed by atoms with E-state index in [4.69, 9.17) is 15.3 Å². The molecular weight excluding hydrogens is 218 g/mol. The van der Waals surface area contributed by atoms with Gasteiger partial charge in [-0.25, -0.2) is 4.79 Å².